The average Bonchev–Trinajstić information content (AvgIpc) is 3.32. The highest BCUT2D eigenvalue weighted by atomic mass is 19.1. The first-order chi connectivity index (χ1) is 17.6. The van der Waals surface area contributed by atoms with Crippen LogP contribution in [0.1, 0.15) is 15.9 Å². The van der Waals surface area contributed by atoms with Crippen LogP contribution in [0.5, 0.6) is 0 Å². The molecule has 1 atom stereocenters. The smallest absolute Gasteiger partial charge is 0.254 e. The van der Waals surface area contributed by atoms with Gasteiger partial charge in [0.25, 0.3) is 5.91 Å². The zero-order valence-corrected chi connectivity index (χ0v) is 19.5. The molecular formula is C27H26FN5O3. The van der Waals surface area contributed by atoms with E-state index in [1.807, 2.05) is 35.4 Å². The van der Waals surface area contributed by atoms with E-state index in [-0.39, 0.29) is 12.0 Å². The van der Waals surface area contributed by atoms with Gasteiger partial charge in [0.2, 0.25) is 5.91 Å². The van der Waals surface area contributed by atoms with Crippen molar-refractivity contribution in [2.45, 2.75) is 12.5 Å². The SMILES string of the molecule is O=C(N[C@@H](Cc1c[nH]c2ccccc12)C(=O)Nc1ccncc1)c1ccc(N2CCOCC2)cc1F. The molecule has 9 heteroatoms. The zero-order valence-electron chi connectivity index (χ0n) is 19.5. The van der Waals surface area contributed by atoms with Crippen LogP contribution in [-0.2, 0) is 16.0 Å². The summed E-state index contributed by atoms with van der Waals surface area (Å²) in [5, 5.41) is 6.51. The summed E-state index contributed by atoms with van der Waals surface area (Å²) >= 11 is 0. The number of fused-ring (bicyclic) bond motifs is 1. The standard InChI is InChI=1S/C27H26FN5O3/c28-23-16-20(33-11-13-36-14-12-33)5-6-22(23)26(34)32-25(27(35)31-19-7-9-29-10-8-19)15-18-17-30-24-4-2-1-3-21(18)24/h1-10,16-17,25,30H,11-15H2,(H,32,34)(H,29,31,35)/t25-/m0/s1. The lowest BCUT2D eigenvalue weighted by Gasteiger charge is -2.29. The Hall–Kier alpha value is -4.24. The predicted molar refractivity (Wildman–Crippen MR) is 136 cm³/mol. The third-order valence-electron chi connectivity index (χ3n) is 6.24. The van der Waals surface area contributed by atoms with Crippen LogP contribution in [0.4, 0.5) is 15.8 Å². The Morgan fingerprint density at radius 1 is 1.08 bits per heavy atom. The summed E-state index contributed by atoms with van der Waals surface area (Å²) in [6, 6.07) is 14.6. The van der Waals surface area contributed by atoms with Gasteiger partial charge in [-0.25, -0.2) is 4.39 Å². The number of benzene rings is 2. The summed E-state index contributed by atoms with van der Waals surface area (Å²) in [6.45, 7) is 2.47. The number of carbonyl (C=O) groups excluding carboxylic acids is 2. The lowest BCUT2D eigenvalue weighted by atomic mass is 10.0. The highest BCUT2D eigenvalue weighted by molar-refractivity contribution is 6.02. The van der Waals surface area contributed by atoms with Gasteiger partial charge in [-0.2, -0.15) is 0 Å². The van der Waals surface area contributed by atoms with Crippen LogP contribution in [0.3, 0.4) is 0 Å². The second-order valence-corrected chi connectivity index (χ2v) is 8.58. The second-order valence-electron chi connectivity index (χ2n) is 8.58. The minimum absolute atomic E-state index is 0.118. The van der Waals surface area contributed by atoms with Crippen molar-refractivity contribution < 1.29 is 18.7 Å². The maximum Gasteiger partial charge on any atom is 0.254 e. The molecule has 1 aliphatic rings. The Balaban J connectivity index is 1.37. The maximum absolute atomic E-state index is 15.0. The van der Waals surface area contributed by atoms with Gasteiger partial charge in [0.05, 0.1) is 18.8 Å². The highest BCUT2D eigenvalue weighted by Gasteiger charge is 2.25. The van der Waals surface area contributed by atoms with Crippen LogP contribution in [-0.4, -0.2) is 54.1 Å². The highest BCUT2D eigenvalue weighted by Crippen LogP contribution is 2.22. The molecule has 36 heavy (non-hydrogen) atoms. The zero-order chi connectivity index (χ0) is 24.9. The number of nitrogens with one attached hydrogen (secondary N) is 3. The van der Waals surface area contributed by atoms with Gasteiger partial charge in [-0.3, -0.25) is 14.6 Å². The quantitative estimate of drug-likeness (QED) is 0.371. The summed E-state index contributed by atoms with van der Waals surface area (Å²) in [5.41, 5.74) is 2.92. The molecule has 0 unspecified atom stereocenters. The molecule has 5 rings (SSSR count). The largest absolute Gasteiger partial charge is 0.378 e. The Labute approximate surface area is 207 Å². The van der Waals surface area contributed by atoms with Gasteiger partial charge in [0, 0.05) is 60.4 Å². The molecule has 3 heterocycles. The number of H-pyrrole nitrogens is 1. The van der Waals surface area contributed by atoms with Crippen LogP contribution in [0.15, 0.2) is 73.2 Å². The minimum Gasteiger partial charge on any atom is -0.378 e. The molecule has 2 aromatic heterocycles. The summed E-state index contributed by atoms with van der Waals surface area (Å²) in [4.78, 5) is 35.5. The normalized spacial score (nSPS) is 14.4. The van der Waals surface area contributed by atoms with Gasteiger partial charge >= 0.3 is 0 Å². The molecule has 0 aliphatic carbocycles. The van der Waals surface area contributed by atoms with E-state index < -0.39 is 23.7 Å². The minimum atomic E-state index is -0.941. The Morgan fingerprint density at radius 2 is 1.86 bits per heavy atom. The maximum atomic E-state index is 15.0. The lowest BCUT2D eigenvalue weighted by Crippen LogP contribution is -2.45. The van der Waals surface area contributed by atoms with E-state index in [0.717, 1.165) is 16.5 Å². The number of morpholine rings is 1. The third-order valence-corrected chi connectivity index (χ3v) is 6.24. The number of hydrogen-bond donors (Lipinski definition) is 3. The Kier molecular flexibility index (Phi) is 6.90. The third kappa shape index (κ3) is 5.21. The molecule has 0 saturated carbocycles. The van der Waals surface area contributed by atoms with E-state index in [4.69, 9.17) is 4.74 Å². The molecule has 2 amide bonds. The first kappa shape index (κ1) is 23.5. The van der Waals surface area contributed by atoms with E-state index in [1.165, 1.54) is 12.1 Å². The van der Waals surface area contributed by atoms with E-state index in [2.05, 4.69) is 20.6 Å². The van der Waals surface area contributed by atoms with Gasteiger partial charge in [0.15, 0.2) is 0 Å². The molecule has 8 nitrogen and oxygen atoms in total. The summed E-state index contributed by atoms with van der Waals surface area (Å²) < 4.78 is 20.4. The van der Waals surface area contributed by atoms with Crippen LogP contribution in [0, 0.1) is 5.82 Å². The number of halogens is 1. The molecule has 0 spiro atoms. The topological polar surface area (TPSA) is 99.3 Å². The number of aromatic amines is 1. The number of amides is 2. The molecule has 1 fully saturated rings. The van der Waals surface area contributed by atoms with E-state index in [0.29, 0.717) is 37.7 Å². The molecule has 1 aliphatic heterocycles. The Bertz CT molecular complexity index is 1370. The van der Waals surface area contributed by atoms with E-state index in [9.17, 15) is 9.59 Å². The second kappa shape index (κ2) is 10.6. The van der Waals surface area contributed by atoms with Crippen molar-refractivity contribution in [3.8, 4) is 0 Å². The predicted octanol–water partition coefficient (Wildman–Crippen LogP) is 3.52. The van der Waals surface area contributed by atoms with Crippen molar-refractivity contribution in [3.63, 3.8) is 0 Å². The summed E-state index contributed by atoms with van der Waals surface area (Å²) in [5.74, 6) is -1.71. The number of hydrogen-bond acceptors (Lipinski definition) is 5. The summed E-state index contributed by atoms with van der Waals surface area (Å²) in [7, 11) is 0. The van der Waals surface area contributed by atoms with Crippen molar-refractivity contribution in [2.75, 3.05) is 36.5 Å². The molecule has 184 valence electrons. The number of rotatable bonds is 7. The Morgan fingerprint density at radius 3 is 2.64 bits per heavy atom. The molecule has 1 saturated heterocycles. The van der Waals surface area contributed by atoms with Gasteiger partial charge < -0.3 is 25.3 Å². The number of nitrogens with zero attached hydrogens (tertiary/aromatic N) is 2. The average molecular weight is 488 g/mol. The lowest BCUT2D eigenvalue weighted by molar-refractivity contribution is -0.118. The fourth-order valence-electron chi connectivity index (χ4n) is 4.34. The van der Waals surface area contributed by atoms with Crippen LogP contribution >= 0.6 is 0 Å². The monoisotopic (exact) mass is 487 g/mol. The van der Waals surface area contributed by atoms with Crippen molar-refractivity contribution in [3.05, 3.63) is 90.1 Å². The van der Waals surface area contributed by atoms with Crippen LogP contribution in [0.2, 0.25) is 0 Å². The van der Waals surface area contributed by atoms with Crippen molar-refractivity contribution in [2.24, 2.45) is 0 Å². The van der Waals surface area contributed by atoms with Gasteiger partial charge in [-0.1, -0.05) is 18.2 Å². The number of carbonyl (C=O) groups is 2. The first-order valence-electron chi connectivity index (χ1n) is 11.8. The fourth-order valence-corrected chi connectivity index (χ4v) is 4.34. The van der Waals surface area contributed by atoms with Crippen LogP contribution in [0.25, 0.3) is 10.9 Å². The molecular weight excluding hydrogens is 461 g/mol. The fraction of sp³-hybridized carbons (Fsp3) is 0.222. The molecule has 0 radical (unpaired) electrons. The van der Waals surface area contributed by atoms with Crippen molar-refractivity contribution >= 4 is 34.1 Å². The number of para-hydroxylation sites is 1. The van der Waals surface area contributed by atoms with Gasteiger partial charge in [0.1, 0.15) is 11.9 Å². The number of aromatic nitrogens is 2. The molecule has 0 bridgehead atoms. The molecule has 2 aromatic carbocycles. The molecule has 4 aromatic rings. The molecule has 3 N–H and O–H groups in total. The van der Waals surface area contributed by atoms with Gasteiger partial charge in [-0.05, 0) is 42.0 Å². The number of anilines is 2. The van der Waals surface area contributed by atoms with Gasteiger partial charge in [-0.15, -0.1) is 0 Å². The van der Waals surface area contributed by atoms with Crippen molar-refractivity contribution in [1.82, 2.24) is 15.3 Å². The van der Waals surface area contributed by atoms with Crippen molar-refractivity contribution in [1.29, 1.82) is 0 Å². The van der Waals surface area contributed by atoms with Crippen LogP contribution < -0.4 is 15.5 Å². The van der Waals surface area contributed by atoms with E-state index >= 15 is 4.39 Å². The van der Waals surface area contributed by atoms with E-state index in [1.54, 1.807) is 30.6 Å². The summed E-state index contributed by atoms with van der Waals surface area (Å²) in [6.07, 6.45) is 5.17. The first-order valence-corrected chi connectivity index (χ1v) is 11.8. The number of pyridine rings is 1. The number of ether oxygens (including phenoxy) is 1.